The Morgan fingerprint density at radius 2 is 2.40 bits per heavy atom. The first-order valence-corrected chi connectivity index (χ1v) is 6.33. The van der Waals surface area contributed by atoms with Crippen LogP contribution in [0.3, 0.4) is 0 Å². The molecule has 5 heteroatoms. The van der Waals surface area contributed by atoms with Crippen molar-refractivity contribution in [1.29, 1.82) is 0 Å². The van der Waals surface area contributed by atoms with Gasteiger partial charge in [-0.15, -0.1) is 10.2 Å². The van der Waals surface area contributed by atoms with Crippen molar-refractivity contribution in [3.63, 3.8) is 0 Å². The van der Waals surface area contributed by atoms with Crippen LogP contribution in [-0.2, 0) is 4.74 Å². The van der Waals surface area contributed by atoms with Gasteiger partial charge in [0, 0.05) is 6.61 Å². The van der Waals surface area contributed by atoms with Gasteiger partial charge in [-0.1, -0.05) is 18.3 Å². The van der Waals surface area contributed by atoms with Crippen molar-refractivity contribution in [3.8, 4) is 0 Å². The van der Waals surface area contributed by atoms with Gasteiger partial charge in [-0.05, 0) is 25.7 Å². The first kappa shape index (κ1) is 11.0. The monoisotopic (exact) mass is 227 g/mol. The van der Waals surface area contributed by atoms with Gasteiger partial charge in [0.25, 0.3) is 0 Å². The number of rotatable bonds is 3. The zero-order chi connectivity index (χ0) is 10.7. The third-order valence-corrected chi connectivity index (χ3v) is 3.82. The molecule has 4 nitrogen and oxygen atoms in total. The number of ether oxygens (including phenoxy) is 1. The minimum atomic E-state index is 0.0276. The molecular formula is C10H17N3OS. The number of nitrogens with zero attached hydrogens (tertiary/aromatic N) is 2. The average molecular weight is 227 g/mol. The summed E-state index contributed by atoms with van der Waals surface area (Å²) < 4.78 is 5.66. The van der Waals surface area contributed by atoms with Crippen LogP contribution in [-0.4, -0.2) is 16.8 Å². The molecule has 1 fully saturated rings. The molecule has 2 rings (SSSR count). The second-order valence-corrected chi connectivity index (χ2v) is 4.89. The fourth-order valence-corrected chi connectivity index (χ4v) is 2.65. The van der Waals surface area contributed by atoms with Crippen LogP contribution in [0.1, 0.15) is 54.8 Å². The van der Waals surface area contributed by atoms with E-state index < -0.39 is 0 Å². The summed E-state index contributed by atoms with van der Waals surface area (Å²) in [6, 6.07) is 0.0276. The van der Waals surface area contributed by atoms with Crippen LogP contribution in [0, 0.1) is 0 Å². The van der Waals surface area contributed by atoms with Crippen LogP contribution >= 0.6 is 11.3 Å². The summed E-state index contributed by atoms with van der Waals surface area (Å²) in [5.41, 5.74) is 5.90. The predicted molar refractivity (Wildman–Crippen MR) is 59.7 cm³/mol. The molecule has 1 aromatic heterocycles. The fourth-order valence-electron chi connectivity index (χ4n) is 1.64. The quantitative estimate of drug-likeness (QED) is 0.859. The zero-order valence-corrected chi connectivity index (χ0v) is 9.80. The molecule has 2 unspecified atom stereocenters. The van der Waals surface area contributed by atoms with Crippen LogP contribution in [0.2, 0.25) is 0 Å². The maximum atomic E-state index is 5.90. The highest BCUT2D eigenvalue weighted by Crippen LogP contribution is 2.31. The molecule has 0 radical (unpaired) electrons. The van der Waals surface area contributed by atoms with Crippen LogP contribution in [0.5, 0.6) is 0 Å². The van der Waals surface area contributed by atoms with Gasteiger partial charge in [-0.2, -0.15) is 0 Å². The van der Waals surface area contributed by atoms with Gasteiger partial charge in [0.1, 0.15) is 16.1 Å². The molecule has 1 aliphatic rings. The summed E-state index contributed by atoms with van der Waals surface area (Å²) in [5.74, 6) is 0. The van der Waals surface area contributed by atoms with E-state index in [1.807, 2.05) is 0 Å². The summed E-state index contributed by atoms with van der Waals surface area (Å²) >= 11 is 1.60. The second kappa shape index (κ2) is 5.01. The van der Waals surface area contributed by atoms with Gasteiger partial charge < -0.3 is 10.5 Å². The van der Waals surface area contributed by atoms with E-state index in [2.05, 4.69) is 17.1 Å². The van der Waals surface area contributed by atoms with Crippen molar-refractivity contribution < 1.29 is 4.74 Å². The molecule has 2 atom stereocenters. The van der Waals surface area contributed by atoms with Gasteiger partial charge in [-0.25, -0.2) is 0 Å². The smallest absolute Gasteiger partial charge is 0.146 e. The fraction of sp³-hybridized carbons (Fsp3) is 0.800. The van der Waals surface area contributed by atoms with Crippen molar-refractivity contribution in [3.05, 3.63) is 10.0 Å². The van der Waals surface area contributed by atoms with Crippen molar-refractivity contribution >= 4 is 11.3 Å². The molecule has 0 saturated carbocycles. The molecule has 1 saturated heterocycles. The van der Waals surface area contributed by atoms with E-state index in [9.17, 15) is 0 Å². The molecule has 0 aliphatic carbocycles. The summed E-state index contributed by atoms with van der Waals surface area (Å²) in [6.07, 6.45) is 4.51. The van der Waals surface area contributed by atoms with Crippen molar-refractivity contribution in [1.82, 2.24) is 10.2 Å². The molecule has 1 aromatic rings. The molecular weight excluding hydrogens is 210 g/mol. The van der Waals surface area contributed by atoms with E-state index >= 15 is 0 Å². The number of hydrogen-bond donors (Lipinski definition) is 1. The molecule has 0 bridgehead atoms. The summed E-state index contributed by atoms with van der Waals surface area (Å²) in [7, 11) is 0. The lowest BCUT2D eigenvalue weighted by Gasteiger charge is -2.19. The molecule has 0 spiro atoms. The molecule has 84 valence electrons. The van der Waals surface area contributed by atoms with Gasteiger partial charge in [0.05, 0.1) is 6.04 Å². The van der Waals surface area contributed by atoms with Gasteiger partial charge in [0.2, 0.25) is 0 Å². The Morgan fingerprint density at radius 1 is 1.53 bits per heavy atom. The SMILES string of the molecule is CCC(N)c1nnc(C2CCCCO2)s1. The Morgan fingerprint density at radius 3 is 3.07 bits per heavy atom. The molecule has 2 heterocycles. The van der Waals surface area contributed by atoms with E-state index in [0.29, 0.717) is 0 Å². The Balaban J connectivity index is 2.05. The lowest BCUT2D eigenvalue weighted by molar-refractivity contribution is 0.0144. The molecule has 1 aliphatic heterocycles. The van der Waals surface area contributed by atoms with Crippen LogP contribution in [0.15, 0.2) is 0 Å². The summed E-state index contributed by atoms with van der Waals surface area (Å²) in [6.45, 7) is 2.91. The lowest BCUT2D eigenvalue weighted by atomic mass is 10.1. The third kappa shape index (κ3) is 2.53. The van der Waals surface area contributed by atoms with E-state index in [0.717, 1.165) is 35.9 Å². The Labute approximate surface area is 93.8 Å². The third-order valence-electron chi connectivity index (χ3n) is 2.67. The van der Waals surface area contributed by atoms with Crippen LogP contribution in [0.4, 0.5) is 0 Å². The highest BCUT2D eigenvalue weighted by atomic mass is 32.1. The minimum absolute atomic E-state index is 0.0276. The van der Waals surface area contributed by atoms with Crippen molar-refractivity contribution in [2.75, 3.05) is 6.61 Å². The van der Waals surface area contributed by atoms with Gasteiger partial charge in [-0.3, -0.25) is 0 Å². The first-order chi connectivity index (χ1) is 7.31. The highest BCUT2D eigenvalue weighted by molar-refractivity contribution is 7.11. The van der Waals surface area contributed by atoms with E-state index in [1.54, 1.807) is 11.3 Å². The van der Waals surface area contributed by atoms with Crippen LogP contribution < -0.4 is 5.73 Å². The standard InChI is InChI=1S/C10H17N3OS/c1-2-7(11)9-12-13-10(15-9)8-5-3-4-6-14-8/h7-8H,2-6,11H2,1H3. The lowest BCUT2D eigenvalue weighted by Crippen LogP contribution is -2.11. The average Bonchev–Trinajstić information content (AvgIpc) is 2.78. The Bertz CT molecular complexity index is 309. The van der Waals surface area contributed by atoms with E-state index in [-0.39, 0.29) is 12.1 Å². The normalized spacial score (nSPS) is 24.0. The Kier molecular flexibility index (Phi) is 3.66. The minimum Gasteiger partial charge on any atom is -0.371 e. The second-order valence-electron chi connectivity index (χ2n) is 3.85. The van der Waals surface area contributed by atoms with Crippen molar-refractivity contribution in [2.45, 2.75) is 44.8 Å². The highest BCUT2D eigenvalue weighted by Gasteiger charge is 2.21. The van der Waals surface area contributed by atoms with Crippen molar-refractivity contribution in [2.24, 2.45) is 5.73 Å². The molecule has 0 aromatic carbocycles. The number of aromatic nitrogens is 2. The van der Waals surface area contributed by atoms with Gasteiger partial charge in [0.15, 0.2) is 0 Å². The first-order valence-electron chi connectivity index (χ1n) is 5.51. The molecule has 15 heavy (non-hydrogen) atoms. The number of hydrogen-bond acceptors (Lipinski definition) is 5. The van der Waals surface area contributed by atoms with Gasteiger partial charge >= 0.3 is 0 Å². The summed E-state index contributed by atoms with van der Waals surface area (Å²) in [5, 5.41) is 10.2. The summed E-state index contributed by atoms with van der Waals surface area (Å²) in [4.78, 5) is 0. The molecule has 2 N–H and O–H groups in total. The largest absolute Gasteiger partial charge is 0.371 e. The topological polar surface area (TPSA) is 61.0 Å². The van der Waals surface area contributed by atoms with E-state index in [1.165, 1.54) is 6.42 Å². The Hall–Kier alpha value is -0.520. The maximum Gasteiger partial charge on any atom is 0.146 e. The van der Waals surface area contributed by atoms with Crippen LogP contribution in [0.25, 0.3) is 0 Å². The maximum absolute atomic E-state index is 5.90. The zero-order valence-electron chi connectivity index (χ0n) is 8.98. The van der Waals surface area contributed by atoms with E-state index in [4.69, 9.17) is 10.5 Å². The number of nitrogens with two attached hydrogens (primary N) is 1. The predicted octanol–water partition coefficient (Wildman–Crippen LogP) is 2.19. The molecule has 0 amide bonds.